The average molecular weight is 325 g/mol. The molecular weight excluding hydrogens is 309 g/mol. The number of nitrogens with one attached hydrogen (secondary N) is 2. The van der Waals surface area contributed by atoms with Gasteiger partial charge in [0, 0.05) is 31.4 Å². The Balaban J connectivity index is 1.89. The number of hydroxylamine groups is 1. The number of aromatic amines is 1. The van der Waals surface area contributed by atoms with Gasteiger partial charge >= 0.3 is 0 Å². The maximum absolute atomic E-state index is 12.7. The van der Waals surface area contributed by atoms with Crippen LogP contribution in [0.2, 0.25) is 0 Å². The minimum absolute atomic E-state index is 0.145. The second-order valence-corrected chi connectivity index (χ2v) is 5.48. The number of fused-ring (bicyclic) bond motifs is 1. The van der Waals surface area contributed by atoms with Crippen LogP contribution in [-0.2, 0) is 13.0 Å². The predicted molar refractivity (Wildman–Crippen MR) is 86.9 cm³/mol. The van der Waals surface area contributed by atoms with E-state index in [9.17, 15) is 9.59 Å². The summed E-state index contributed by atoms with van der Waals surface area (Å²) >= 11 is 0. The highest BCUT2D eigenvalue weighted by molar-refractivity contribution is 6.09. The summed E-state index contributed by atoms with van der Waals surface area (Å²) in [4.78, 5) is 26.7. The minimum Gasteiger partial charge on any atom is -0.354 e. The molecule has 0 saturated carbocycles. The molecule has 8 nitrogen and oxygen atoms in total. The highest BCUT2D eigenvalue weighted by Gasteiger charge is 2.31. The summed E-state index contributed by atoms with van der Waals surface area (Å²) in [7, 11) is 6.77. The summed E-state index contributed by atoms with van der Waals surface area (Å²) in [6.45, 7) is 0.580. The van der Waals surface area contributed by atoms with Crippen LogP contribution >= 0.6 is 0 Å². The summed E-state index contributed by atoms with van der Waals surface area (Å²) in [5.41, 5.74) is 2.68. The summed E-state index contributed by atoms with van der Waals surface area (Å²) < 4.78 is 0. The number of benzene rings is 1. The summed E-state index contributed by atoms with van der Waals surface area (Å²) in [5.74, 6) is -0.564. The Kier molecular flexibility index (Phi) is 4.37. The number of hydrogen-bond donors (Lipinski definition) is 3. The van der Waals surface area contributed by atoms with Crippen LogP contribution in [0.25, 0.3) is 0 Å². The molecule has 3 N–H and O–H groups in total. The molecule has 2 amide bonds. The van der Waals surface area contributed by atoms with Gasteiger partial charge in [-0.3, -0.25) is 14.7 Å². The molecule has 1 aromatic carbocycles. The molecule has 0 saturated heterocycles. The first-order valence-corrected chi connectivity index (χ1v) is 7.42. The van der Waals surface area contributed by atoms with E-state index in [4.69, 9.17) is 13.2 Å². The monoisotopic (exact) mass is 325 g/mol. The van der Waals surface area contributed by atoms with Crippen LogP contribution in [0.4, 0.5) is 5.69 Å². The zero-order valence-corrected chi connectivity index (χ0v) is 13.1. The lowest BCUT2D eigenvalue weighted by molar-refractivity contribution is -0.00335. The number of carbonyl (C=O) groups excluding carboxylic acids is 2. The van der Waals surface area contributed by atoms with Gasteiger partial charge in [0.15, 0.2) is 5.69 Å². The number of rotatable bonds is 4. The van der Waals surface area contributed by atoms with Crippen molar-refractivity contribution in [1.29, 1.82) is 0 Å². The Hall–Kier alpha value is -2.65. The van der Waals surface area contributed by atoms with Crippen LogP contribution in [0, 0.1) is 0 Å². The van der Waals surface area contributed by atoms with E-state index in [1.807, 2.05) is 0 Å². The fourth-order valence-corrected chi connectivity index (χ4v) is 2.81. The number of carbonyl (C=O) groups is 2. The van der Waals surface area contributed by atoms with Gasteiger partial charge in [-0.25, -0.2) is 4.97 Å². The fourth-order valence-electron chi connectivity index (χ4n) is 2.81. The van der Waals surface area contributed by atoms with E-state index < -0.39 is 0 Å². The van der Waals surface area contributed by atoms with E-state index in [2.05, 4.69) is 15.5 Å². The molecule has 1 aliphatic heterocycles. The zero-order chi connectivity index (χ0) is 17.3. The second-order valence-electron chi connectivity index (χ2n) is 5.48. The molecule has 0 atom stereocenters. The molecule has 2 radical (unpaired) electrons. The number of aromatic nitrogens is 2. The van der Waals surface area contributed by atoms with Gasteiger partial charge in [-0.15, -0.1) is 0 Å². The quantitative estimate of drug-likeness (QED) is 0.552. The van der Waals surface area contributed by atoms with Crippen molar-refractivity contribution in [1.82, 2.24) is 20.5 Å². The topological polar surface area (TPSA) is 102 Å². The highest BCUT2D eigenvalue weighted by atomic mass is 16.5. The average Bonchev–Trinajstić information content (AvgIpc) is 2.99. The van der Waals surface area contributed by atoms with Gasteiger partial charge < -0.3 is 15.4 Å². The van der Waals surface area contributed by atoms with Gasteiger partial charge in [0.1, 0.15) is 5.69 Å². The summed E-state index contributed by atoms with van der Waals surface area (Å²) in [6, 6.07) is 7.19. The van der Waals surface area contributed by atoms with Crippen LogP contribution in [-0.4, -0.2) is 53.8 Å². The molecule has 0 unspecified atom stereocenters. The van der Waals surface area contributed by atoms with Crippen LogP contribution in [0.5, 0.6) is 0 Å². The Bertz CT molecular complexity index is 789. The smallest absolute Gasteiger partial charge is 0.276 e. The van der Waals surface area contributed by atoms with Crippen molar-refractivity contribution >= 4 is 25.5 Å². The van der Waals surface area contributed by atoms with E-state index in [0.29, 0.717) is 34.9 Å². The number of anilines is 1. The number of hydrogen-bond acceptors (Lipinski definition) is 5. The number of nitrogens with zero attached hydrogens (tertiary/aromatic N) is 3. The number of amides is 2. The van der Waals surface area contributed by atoms with Crippen LogP contribution in [0.15, 0.2) is 24.3 Å². The molecule has 1 aromatic heterocycles. The van der Waals surface area contributed by atoms with Crippen molar-refractivity contribution in [3.63, 3.8) is 0 Å². The summed E-state index contributed by atoms with van der Waals surface area (Å²) in [6.07, 6.45) is 0.521. The molecule has 0 bridgehead atoms. The first-order chi connectivity index (χ1) is 11.5. The molecule has 0 aliphatic carbocycles. The lowest BCUT2D eigenvalue weighted by atomic mass is 10.0. The van der Waals surface area contributed by atoms with Gasteiger partial charge in [-0.1, -0.05) is 12.1 Å². The highest BCUT2D eigenvalue weighted by Crippen LogP contribution is 2.26. The van der Waals surface area contributed by atoms with Crippen molar-refractivity contribution in [2.45, 2.75) is 13.0 Å². The van der Waals surface area contributed by atoms with Crippen molar-refractivity contribution in [2.24, 2.45) is 0 Å². The maximum Gasteiger partial charge on any atom is 0.276 e. The first kappa shape index (κ1) is 16.2. The van der Waals surface area contributed by atoms with Crippen molar-refractivity contribution in [2.75, 3.05) is 18.5 Å². The predicted octanol–water partition coefficient (Wildman–Crippen LogP) is 0.247. The van der Waals surface area contributed by atoms with Crippen LogP contribution < -0.4 is 10.2 Å². The van der Waals surface area contributed by atoms with Gasteiger partial charge in [-0.2, -0.15) is 5.10 Å². The third kappa shape index (κ3) is 2.91. The van der Waals surface area contributed by atoms with Crippen molar-refractivity contribution < 1.29 is 14.8 Å². The lowest BCUT2D eigenvalue weighted by Crippen LogP contribution is -2.38. The molecule has 2 heterocycles. The van der Waals surface area contributed by atoms with Crippen LogP contribution in [0.1, 0.15) is 32.1 Å². The minimum atomic E-state index is -0.318. The van der Waals surface area contributed by atoms with Crippen molar-refractivity contribution in [3.05, 3.63) is 46.8 Å². The molecule has 24 heavy (non-hydrogen) atoms. The van der Waals surface area contributed by atoms with Gasteiger partial charge in [-0.05, 0) is 24.1 Å². The second kappa shape index (κ2) is 6.46. The molecule has 0 fully saturated rings. The SMILES string of the molecule is [B]N(O)Cc1cccc(N2CCc3c(C(=O)NC)n[nH]c3C2=O)c1. The zero-order valence-electron chi connectivity index (χ0n) is 13.1. The molecule has 3 rings (SSSR count). The third-order valence-electron chi connectivity index (χ3n) is 3.92. The van der Waals surface area contributed by atoms with Crippen LogP contribution in [0.3, 0.4) is 0 Å². The lowest BCUT2D eigenvalue weighted by Gasteiger charge is -2.27. The fraction of sp³-hybridized carbons (Fsp3) is 0.267. The summed E-state index contributed by atoms with van der Waals surface area (Å²) in [5, 5.41) is 18.3. The Morgan fingerprint density at radius 1 is 1.54 bits per heavy atom. The largest absolute Gasteiger partial charge is 0.354 e. The first-order valence-electron chi connectivity index (χ1n) is 7.42. The van der Waals surface area contributed by atoms with E-state index >= 15 is 0 Å². The maximum atomic E-state index is 12.7. The van der Waals surface area contributed by atoms with Gasteiger partial charge in [0.25, 0.3) is 11.8 Å². The van der Waals surface area contributed by atoms with E-state index in [-0.39, 0.29) is 24.1 Å². The Morgan fingerprint density at radius 2 is 2.33 bits per heavy atom. The standard InChI is InChI=1S/C15H16BN5O3/c1-17-14(22)12-11-5-6-20(15(23)13(11)19-18-12)10-4-2-3-9(7-10)8-21(16)24/h2-4,7,24H,5-6,8H2,1H3,(H,17,22)(H,18,19). The third-order valence-corrected chi connectivity index (χ3v) is 3.92. The molecule has 0 spiro atoms. The van der Waals surface area contributed by atoms with E-state index in [1.165, 1.54) is 7.05 Å². The van der Waals surface area contributed by atoms with E-state index in [1.54, 1.807) is 29.2 Å². The van der Waals surface area contributed by atoms with Crippen molar-refractivity contribution in [3.8, 4) is 0 Å². The Labute approximate surface area is 139 Å². The van der Waals surface area contributed by atoms with E-state index in [0.717, 1.165) is 5.56 Å². The van der Waals surface area contributed by atoms with Gasteiger partial charge in [0.2, 0.25) is 7.98 Å². The molecule has 122 valence electrons. The molecule has 2 aromatic rings. The molecular formula is C15H16BN5O3. The molecule has 1 aliphatic rings. The number of H-pyrrole nitrogens is 1. The van der Waals surface area contributed by atoms with Gasteiger partial charge in [0.05, 0.1) is 0 Å². The Morgan fingerprint density at radius 3 is 3.04 bits per heavy atom. The normalized spacial score (nSPS) is 14.0. The molecule has 9 heteroatoms.